The second-order valence-electron chi connectivity index (χ2n) is 5.59. The predicted molar refractivity (Wildman–Crippen MR) is 98.0 cm³/mol. The summed E-state index contributed by atoms with van der Waals surface area (Å²) in [6.45, 7) is 3.24. The van der Waals surface area contributed by atoms with E-state index in [0.717, 1.165) is 0 Å². The van der Waals surface area contributed by atoms with Crippen molar-refractivity contribution in [2.75, 3.05) is 10.6 Å². The van der Waals surface area contributed by atoms with Crippen LogP contribution in [-0.2, 0) is 4.79 Å². The Hall–Kier alpha value is -2.93. The molecule has 3 aromatic rings. The number of pyridine rings is 1. The molecule has 0 aliphatic rings. The van der Waals surface area contributed by atoms with Gasteiger partial charge < -0.3 is 15.6 Å². The van der Waals surface area contributed by atoms with Crippen molar-refractivity contribution in [3.05, 3.63) is 57.6 Å². The Morgan fingerprint density at radius 3 is 2.84 bits per heavy atom. The van der Waals surface area contributed by atoms with Crippen LogP contribution in [0.25, 0.3) is 11.0 Å². The Morgan fingerprint density at radius 2 is 2.08 bits per heavy atom. The lowest BCUT2D eigenvalue weighted by Gasteiger charge is -2.14. The molecule has 1 atom stereocenters. The van der Waals surface area contributed by atoms with Gasteiger partial charge in [-0.05, 0) is 31.2 Å². The fourth-order valence-electron chi connectivity index (χ4n) is 2.44. The molecule has 7 nitrogen and oxygen atoms in total. The van der Waals surface area contributed by atoms with Crippen LogP contribution in [0, 0.1) is 0 Å². The van der Waals surface area contributed by atoms with Crippen molar-refractivity contribution in [2.45, 2.75) is 19.9 Å². The molecule has 0 saturated heterocycles. The predicted octanol–water partition coefficient (Wildman–Crippen LogP) is 3.10. The van der Waals surface area contributed by atoms with Crippen LogP contribution in [0.4, 0.5) is 11.5 Å². The molecule has 0 aliphatic carbocycles. The molecule has 0 fully saturated rings. The molecule has 1 amide bonds. The number of halogens is 1. The Bertz CT molecular complexity index is 1000. The third kappa shape index (κ3) is 3.95. The van der Waals surface area contributed by atoms with Crippen molar-refractivity contribution in [3.63, 3.8) is 0 Å². The number of fused-ring (bicyclic) bond motifs is 1. The maximum Gasteiger partial charge on any atom is 0.272 e. The highest BCUT2D eigenvalue weighted by atomic mass is 35.5. The molecular weight excluding hydrogens is 342 g/mol. The van der Waals surface area contributed by atoms with Gasteiger partial charge in [-0.25, -0.2) is 9.97 Å². The van der Waals surface area contributed by atoms with Crippen LogP contribution >= 0.6 is 11.6 Å². The molecule has 25 heavy (non-hydrogen) atoms. The summed E-state index contributed by atoms with van der Waals surface area (Å²) in [7, 11) is 0. The molecule has 0 radical (unpaired) electrons. The Kier molecular flexibility index (Phi) is 4.67. The van der Waals surface area contributed by atoms with Gasteiger partial charge in [-0.1, -0.05) is 11.6 Å². The van der Waals surface area contributed by atoms with E-state index in [2.05, 4.69) is 25.6 Å². The summed E-state index contributed by atoms with van der Waals surface area (Å²) in [5, 5.41) is 6.34. The van der Waals surface area contributed by atoms with E-state index in [1.165, 1.54) is 6.92 Å². The van der Waals surface area contributed by atoms with Gasteiger partial charge in [0.05, 0.1) is 17.1 Å². The number of carbonyl (C=O) groups is 1. The number of aromatic nitrogens is 3. The summed E-state index contributed by atoms with van der Waals surface area (Å²) in [5.41, 5.74) is 1.88. The molecule has 2 heterocycles. The maximum atomic E-state index is 12.3. The van der Waals surface area contributed by atoms with E-state index in [4.69, 9.17) is 11.6 Å². The summed E-state index contributed by atoms with van der Waals surface area (Å²) < 4.78 is 0. The Morgan fingerprint density at radius 1 is 1.28 bits per heavy atom. The summed E-state index contributed by atoms with van der Waals surface area (Å²) >= 11 is 5.99. The number of rotatable bonds is 4. The van der Waals surface area contributed by atoms with E-state index in [-0.39, 0.29) is 11.5 Å². The molecule has 2 aromatic heterocycles. The van der Waals surface area contributed by atoms with Crippen LogP contribution in [0.15, 0.2) is 41.3 Å². The number of aromatic amines is 1. The third-order valence-electron chi connectivity index (χ3n) is 3.54. The van der Waals surface area contributed by atoms with Crippen molar-refractivity contribution in [3.8, 4) is 0 Å². The fourth-order valence-corrected chi connectivity index (χ4v) is 2.61. The van der Waals surface area contributed by atoms with Gasteiger partial charge in [0.1, 0.15) is 11.5 Å². The van der Waals surface area contributed by atoms with E-state index in [1.54, 1.807) is 43.5 Å². The minimum atomic E-state index is -0.396. The quantitative estimate of drug-likeness (QED) is 0.666. The number of H-pyrrole nitrogens is 1. The van der Waals surface area contributed by atoms with Crippen molar-refractivity contribution in [1.82, 2.24) is 15.0 Å². The van der Waals surface area contributed by atoms with Crippen LogP contribution in [0.2, 0.25) is 5.02 Å². The first-order valence-corrected chi connectivity index (χ1v) is 8.00. The lowest BCUT2D eigenvalue weighted by atomic mass is 10.2. The largest absolute Gasteiger partial charge is 0.362 e. The molecule has 1 unspecified atom stereocenters. The number of hydrogen-bond acceptors (Lipinski definition) is 5. The van der Waals surface area contributed by atoms with Gasteiger partial charge in [0.25, 0.3) is 5.56 Å². The van der Waals surface area contributed by atoms with E-state index in [1.807, 2.05) is 0 Å². The molecule has 8 heteroatoms. The summed E-state index contributed by atoms with van der Waals surface area (Å²) in [6.07, 6.45) is 1.57. The van der Waals surface area contributed by atoms with E-state index in [0.29, 0.717) is 33.3 Å². The molecule has 3 N–H and O–H groups in total. The number of amides is 1. The van der Waals surface area contributed by atoms with Gasteiger partial charge in [-0.15, -0.1) is 0 Å². The molecule has 128 valence electrons. The highest BCUT2D eigenvalue weighted by Gasteiger charge is 2.14. The maximum absolute atomic E-state index is 12.3. The van der Waals surface area contributed by atoms with Gasteiger partial charge in [0.15, 0.2) is 0 Å². The summed E-state index contributed by atoms with van der Waals surface area (Å²) in [4.78, 5) is 34.8. The van der Waals surface area contributed by atoms with Crippen molar-refractivity contribution >= 4 is 40.0 Å². The first kappa shape index (κ1) is 16.9. The SMILES string of the molecule is CC(=O)Nc1ccnc(NC(C)c2nc3cc(Cl)ccc3[nH]c2=O)c1. The third-order valence-corrected chi connectivity index (χ3v) is 3.77. The second-order valence-corrected chi connectivity index (χ2v) is 6.03. The number of nitrogens with one attached hydrogen (secondary N) is 3. The Balaban J connectivity index is 1.89. The number of hydrogen-bond donors (Lipinski definition) is 3. The van der Waals surface area contributed by atoms with E-state index in [9.17, 15) is 9.59 Å². The zero-order valence-electron chi connectivity index (χ0n) is 13.6. The first-order valence-electron chi connectivity index (χ1n) is 7.62. The van der Waals surface area contributed by atoms with Gasteiger partial charge in [-0.3, -0.25) is 9.59 Å². The molecule has 1 aromatic carbocycles. The standard InChI is InChI=1S/C17H16ClN5O2/c1-9(20-15-8-12(5-6-19-15)21-10(2)24)16-17(25)23-13-4-3-11(18)7-14(13)22-16/h3-9H,1-2H3,(H,23,25)(H2,19,20,21,24). The van der Waals surface area contributed by atoms with Gasteiger partial charge in [0.2, 0.25) is 5.91 Å². The second kappa shape index (κ2) is 6.90. The average Bonchev–Trinajstić information content (AvgIpc) is 2.54. The molecule has 0 saturated carbocycles. The lowest BCUT2D eigenvalue weighted by molar-refractivity contribution is -0.114. The highest BCUT2D eigenvalue weighted by molar-refractivity contribution is 6.31. The number of carbonyl (C=O) groups excluding carboxylic acids is 1. The molecule has 0 bridgehead atoms. The molecule has 0 aliphatic heterocycles. The summed E-state index contributed by atoms with van der Waals surface area (Å²) in [6, 6.07) is 8.07. The van der Waals surface area contributed by atoms with Gasteiger partial charge >= 0.3 is 0 Å². The van der Waals surface area contributed by atoms with E-state index >= 15 is 0 Å². The number of benzene rings is 1. The zero-order valence-corrected chi connectivity index (χ0v) is 14.4. The highest BCUT2D eigenvalue weighted by Crippen LogP contribution is 2.19. The topological polar surface area (TPSA) is 99.8 Å². The molecule has 3 rings (SSSR count). The average molecular weight is 358 g/mol. The minimum Gasteiger partial charge on any atom is -0.362 e. The van der Waals surface area contributed by atoms with Crippen LogP contribution in [-0.4, -0.2) is 20.9 Å². The molecule has 0 spiro atoms. The van der Waals surface area contributed by atoms with Crippen LogP contribution in [0.5, 0.6) is 0 Å². The van der Waals surface area contributed by atoms with Crippen molar-refractivity contribution < 1.29 is 4.79 Å². The van der Waals surface area contributed by atoms with Gasteiger partial charge in [0, 0.05) is 29.9 Å². The summed E-state index contributed by atoms with van der Waals surface area (Å²) in [5.74, 6) is 0.348. The zero-order chi connectivity index (χ0) is 18.0. The normalized spacial score (nSPS) is 12.0. The van der Waals surface area contributed by atoms with E-state index < -0.39 is 6.04 Å². The van der Waals surface area contributed by atoms with Gasteiger partial charge in [-0.2, -0.15) is 0 Å². The smallest absolute Gasteiger partial charge is 0.272 e. The molecular formula is C17H16ClN5O2. The van der Waals surface area contributed by atoms with Crippen molar-refractivity contribution in [1.29, 1.82) is 0 Å². The first-order chi connectivity index (χ1) is 11.9. The lowest BCUT2D eigenvalue weighted by Crippen LogP contribution is -2.22. The van der Waals surface area contributed by atoms with Crippen LogP contribution < -0.4 is 16.2 Å². The van der Waals surface area contributed by atoms with Crippen LogP contribution in [0.3, 0.4) is 0 Å². The number of nitrogens with zero attached hydrogens (tertiary/aromatic N) is 2. The van der Waals surface area contributed by atoms with Crippen LogP contribution in [0.1, 0.15) is 25.6 Å². The van der Waals surface area contributed by atoms with Crippen molar-refractivity contribution in [2.24, 2.45) is 0 Å². The minimum absolute atomic E-state index is 0.172. The number of anilines is 2. The Labute approximate surface area is 148 Å². The monoisotopic (exact) mass is 357 g/mol. The fraction of sp³-hybridized carbons (Fsp3) is 0.176.